The summed E-state index contributed by atoms with van der Waals surface area (Å²) in [6, 6.07) is 10.1. The van der Waals surface area contributed by atoms with Gasteiger partial charge in [0.1, 0.15) is 12.0 Å². The summed E-state index contributed by atoms with van der Waals surface area (Å²) in [5.74, 6) is -0.802. The second kappa shape index (κ2) is 12.4. The molecule has 1 fully saturated rings. The number of anilines is 1. The molecular weight excluding hydrogens is 597 g/mol. The Morgan fingerprint density at radius 2 is 1.88 bits per heavy atom. The van der Waals surface area contributed by atoms with Gasteiger partial charge in [-0.05, 0) is 48.6 Å². The molecule has 40 heavy (non-hydrogen) atoms. The number of sulfonamides is 1. The summed E-state index contributed by atoms with van der Waals surface area (Å²) in [5, 5.41) is 12.8. The van der Waals surface area contributed by atoms with Crippen LogP contribution in [0.5, 0.6) is 5.75 Å². The standard InChI is InChI=1S/C25H22N4O7S4/c30-19-13-17(15-38-25-28-27-24(39-25)26-22(31)21-5-4-12-37-21)35-14-20(19)36-23(32)16-6-8-18(9-7-16)40(33,34)29-10-2-1-3-11-29/h4-9,12-14H,1-3,10-11,15H2,(H,26,27,31). The second-order valence-corrected chi connectivity index (χ2v) is 13.6. The molecule has 0 atom stereocenters. The fourth-order valence-electron chi connectivity index (χ4n) is 3.78. The van der Waals surface area contributed by atoms with Crippen LogP contribution in [-0.2, 0) is 15.8 Å². The summed E-state index contributed by atoms with van der Waals surface area (Å²) in [6.07, 6.45) is 3.70. The van der Waals surface area contributed by atoms with E-state index in [2.05, 4.69) is 15.5 Å². The molecule has 1 amide bonds. The lowest BCUT2D eigenvalue weighted by atomic mass is 10.2. The third-order valence-electron chi connectivity index (χ3n) is 5.81. The van der Waals surface area contributed by atoms with Crippen molar-refractivity contribution in [3.8, 4) is 5.75 Å². The van der Waals surface area contributed by atoms with Crippen LogP contribution in [0.4, 0.5) is 5.13 Å². The average Bonchev–Trinajstić information content (AvgIpc) is 3.66. The van der Waals surface area contributed by atoms with Gasteiger partial charge < -0.3 is 9.15 Å². The van der Waals surface area contributed by atoms with Crippen molar-refractivity contribution >= 4 is 61.5 Å². The number of hydrogen-bond donors (Lipinski definition) is 1. The van der Waals surface area contributed by atoms with Crippen molar-refractivity contribution in [2.24, 2.45) is 0 Å². The highest BCUT2D eigenvalue weighted by molar-refractivity contribution is 8.00. The Kier molecular flexibility index (Phi) is 8.75. The number of piperidine rings is 1. The minimum absolute atomic E-state index is 0.0925. The van der Waals surface area contributed by atoms with Crippen molar-refractivity contribution in [2.75, 3.05) is 18.4 Å². The Labute approximate surface area is 241 Å². The zero-order chi connectivity index (χ0) is 28.1. The third-order valence-corrected chi connectivity index (χ3v) is 10.6. The van der Waals surface area contributed by atoms with Crippen molar-refractivity contribution in [3.05, 3.63) is 80.5 Å². The number of hydrogen-bond acceptors (Lipinski definition) is 12. The van der Waals surface area contributed by atoms with Gasteiger partial charge in [-0.2, -0.15) is 4.31 Å². The van der Waals surface area contributed by atoms with Crippen LogP contribution in [0.1, 0.15) is 45.1 Å². The van der Waals surface area contributed by atoms with E-state index in [-0.39, 0.29) is 27.9 Å². The Morgan fingerprint density at radius 1 is 1.10 bits per heavy atom. The van der Waals surface area contributed by atoms with Crippen LogP contribution in [0.3, 0.4) is 0 Å². The Balaban J connectivity index is 1.16. The second-order valence-electron chi connectivity index (χ2n) is 8.55. The first-order valence-electron chi connectivity index (χ1n) is 12.0. The number of benzene rings is 1. The number of nitrogens with zero attached hydrogens (tertiary/aromatic N) is 3. The van der Waals surface area contributed by atoms with E-state index < -0.39 is 21.4 Å². The minimum Gasteiger partial charge on any atom is -0.464 e. The van der Waals surface area contributed by atoms with E-state index >= 15 is 0 Å². The van der Waals surface area contributed by atoms with Gasteiger partial charge in [0.15, 0.2) is 4.34 Å². The van der Waals surface area contributed by atoms with Crippen LogP contribution < -0.4 is 15.5 Å². The lowest BCUT2D eigenvalue weighted by Gasteiger charge is -2.25. The molecule has 1 aliphatic rings. The van der Waals surface area contributed by atoms with Crippen LogP contribution >= 0.6 is 34.4 Å². The van der Waals surface area contributed by atoms with Gasteiger partial charge in [-0.1, -0.05) is 35.6 Å². The molecule has 0 saturated carbocycles. The lowest BCUT2D eigenvalue weighted by Crippen LogP contribution is -2.35. The van der Waals surface area contributed by atoms with Crippen LogP contribution in [0.2, 0.25) is 0 Å². The predicted molar refractivity (Wildman–Crippen MR) is 151 cm³/mol. The first kappa shape index (κ1) is 28.2. The van der Waals surface area contributed by atoms with E-state index in [1.807, 2.05) is 0 Å². The molecule has 1 aromatic carbocycles. The molecule has 3 aromatic heterocycles. The Bertz CT molecular complexity index is 1660. The van der Waals surface area contributed by atoms with E-state index in [4.69, 9.17) is 9.15 Å². The van der Waals surface area contributed by atoms with Crippen molar-refractivity contribution in [2.45, 2.75) is 34.3 Å². The van der Waals surface area contributed by atoms with Crippen LogP contribution in [-0.4, -0.2) is 47.9 Å². The van der Waals surface area contributed by atoms with Crippen molar-refractivity contribution < 1.29 is 27.2 Å². The molecule has 208 valence electrons. The Morgan fingerprint density at radius 3 is 2.58 bits per heavy atom. The Hall–Kier alpha value is -3.37. The molecule has 5 rings (SSSR count). The number of amides is 1. The van der Waals surface area contributed by atoms with Gasteiger partial charge in [0.2, 0.25) is 26.3 Å². The zero-order valence-electron chi connectivity index (χ0n) is 20.8. The smallest absolute Gasteiger partial charge is 0.343 e. The number of thioether (sulfide) groups is 1. The molecule has 0 aliphatic carbocycles. The summed E-state index contributed by atoms with van der Waals surface area (Å²) in [4.78, 5) is 37.9. The summed E-state index contributed by atoms with van der Waals surface area (Å²) < 4.78 is 38.3. The van der Waals surface area contributed by atoms with Gasteiger partial charge in [0.25, 0.3) is 5.91 Å². The molecule has 0 bridgehead atoms. The molecule has 4 aromatic rings. The molecular formula is C25H22N4O7S4. The van der Waals surface area contributed by atoms with Gasteiger partial charge in [0.05, 0.1) is 21.1 Å². The topological polar surface area (TPSA) is 149 Å². The highest BCUT2D eigenvalue weighted by Crippen LogP contribution is 2.29. The van der Waals surface area contributed by atoms with E-state index in [0.29, 0.717) is 33.2 Å². The van der Waals surface area contributed by atoms with Crippen molar-refractivity contribution in [3.63, 3.8) is 0 Å². The van der Waals surface area contributed by atoms with Gasteiger partial charge in [0, 0.05) is 19.2 Å². The number of carbonyl (C=O) groups is 2. The number of esters is 1. The monoisotopic (exact) mass is 618 g/mol. The fraction of sp³-hybridized carbons (Fsp3) is 0.240. The molecule has 0 spiro atoms. The van der Waals surface area contributed by atoms with E-state index in [1.54, 1.807) is 17.5 Å². The maximum Gasteiger partial charge on any atom is 0.343 e. The number of ether oxygens (including phenoxy) is 1. The lowest BCUT2D eigenvalue weighted by molar-refractivity contribution is 0.0728. The summed E-state index contributed by atoms with van der Waals surface area (Å²) in [6.45, 7) is 0.957. The molecule has 1 aliphatic heterocycles. The predicted octanol–water partition coefficient (Wildman–Crippen LogP) is 4.49. The third kappa shape index (κ3) is 6.67. The fourth-order valence-corrected chi connectivity index (χ4v) is 7.56. The number of nitrogens with one attached hydrogen (secondary N) is 1. The van der Waals surface area contributed by atoms with Crippen molar-refractivity contribution in [1.82, 2.24) is 14.5 Å². The number of carbonyl (C=O) groups excluding carboxylic acids is 2. The van der Waals surface area contributed by atoms with E-state index in [9.17, 15) is 22.8 Å². The maximum absolute atomic E-state index is 12.8. The van der Waals surface area contributed by atoms with Gasteiger partial charge in [-0.3, -0.25) is 14.9 Å². The highest BCUT2D eigenvalue weighted by Gasteiger charge is 2.26. The molecule has 0 unspecified atom stereocenters. The molecule has 4 heterocycles. The average molecular weight is 619 g/mol. The normalized spacial score (nSPS) is 14.1. The van der Waals surface area contributed by atoms with E-state index in [1.165, 1.54) is 69.1 Å². The largest absolute Gasteiger partial charge is 0.464 e. The van der Waals surface area contributed by atoms with Crippen LogP contribution in [0, 0.1) is 0 Å². The number of thiophene rings is 1. The van der Waals surface area contributed by atoms with Crippen LogP contribution in [0.25, 0.3) is 0 Å². The molecule has 11 nitrogen and oxygen atoms in total. The first-order valence-corrected chi connectivity index (χ1v) is 16.2. The SMILES string of the molecule is O=C(Oc1coc(CSc2nnc(NC(=O)c3cccs3)s2)cc1=O)c1ccc(S(=O)(=O)N2CCCCC2)cc1. The molecule has 15 heteroatoms. The number of rotatable bonds is 9. The molecule has 1 N–H and O–H groups in total. The highest BCUT2D eigenvalue weighted by atomic mass is 32.2. The van der Waals surface area contributed by atoms with Gasteiger partial charge in [-0.25, -0.2) is 13.2 Å². The summed E-state index contributed by atoms with van der Waals surface area (Å²) in [7, 11) is -3.63. The quantitative estimate of drug-likeness (QED) is 0.162. The molecule has 1 saturated heterocycles. The van der Waals surface area contributed by atoms with E-state index in [0.717, 1.165) is 25.5 Å². The summed E-state index contributed by atoms with van der Waals surface area (Å²) >= 11 is 3.76. The number of aromatic nitrogens is 2. The maximum atomic E-state index is 12.8. The van der Waals surface area contributed by atoms with Crippen molar-refractivity contribution in [1.29, 1.82) is 0 Å². The van der Waals surface area contributed by atoms with Crippen LogP contribution in [0.15, 0.2) is 72.6 Å². The van der Waals surface area contributed by atoms with Gasteiger partial charge >= 0.3 is 5.97 Å². The zero-order valence-corrected chi connectivity index (χ0v) is 24.0. The molecule has 0 radical (unpaired) electrons. The first-order chi connectivity index (χ1) is 19.3. The van der Waals surface area contributed by atoms with Gasteiger partial charge in [-0.15, -0.1) is 21.5 Å². The minimum atomic E-state index is -3.63. The summed E-state index contributed by atoms with van der Waals surface area (Å²) in [5.41, 5.74) is -0.462.